The van der Waals surface area contributed by atoms with Gasteiger partial charge in [0.2, 0.25) is 11.8 Å². The molecule has 0 aliphatic rings. The summed E-state index contributed by atoms with van der Waals surface area (Å²) in [5, 5.41) is 5.57. The topological polar surface area (TPSA) is 58.2 Å². The van der Waals surface area contributed by atoms with E-state index < -0.39 is 0 Å². The molecule has 0 spiro atoms. The first kappa shape index (κ1) is 13.9. The van der Waals surface area contributed by atoms with Gasteiger partial charge < -0.3 is 10.6 Å². The molecule has 0 aromatic heterocycles. The molecular weight excluding hydrogens is 192 g/mol. The molecule has 0 aromatic carbocycles. The Hall–Kier alpha value is -1.06. The molecule has 0 saturated heterocycles. The zero-order chi connectivity index (χ0) is 11.5. The summed E-state index contributed by atoms with van der Waals surface area (Å²) >= 11 is 0. The minimum absolute atomic E-state index is 0.0430. The fraction of sp³-hybridized carbons (Fsp3) is 0.818. The molecule has 2 N–H and O–H groups in total. The molecule has 0 bridgehead atoms. The Bertz CT molecular complexity index is 193. The van der Waals surface area contributed by atoms with Gasteiger partial charge in [-0.15, -0.1) is 0 Å². The molecule has 0 aliphatic carbocycles. The number of carbonyl (C=O) groups excluding carboxylic acids is 2. The third-order valence-electron chi connectivity index (χ3n) is 2.08. The third kappa shape index (κ3) is 9.25. The molecule has 0 unspecified atom stereocenters. The maximum atomic E-state index is 11.2. The summed E-state index contributed by atoms with van der Waals surface area (Å²) in [5.74, 6) is 0.121. The van der Waals surface area contributed by atoms with E-state index in [1.807, 2.05) is 6.92 Å². The van der Waals surface area contributed by atoms with Crippen LogP contribution in [0.5, 0.6) is 0 Å². The lowest BCUT2D eigenvalue weighted by molar-refractivity contribution is -0.122. The third-order valence-corrected chi connectivity index (χ3v) is 2.08. The van der Waals surface area contributed by atoms with Gasteiger partial charge >= 0.3 is 0 Å². The van der Waals surface area contributed by atoms with Crippen LogP contribution in [-0.2, 0) is 9.59 Å². The monoisotopic (exact) mass is 214 g/mol. The number of nitrogens with one attached hydrogen (secondary N) is 2. The first-order valence-corrected chi connectivity index (χ1v) is 5.74. The van der Waals surface area contributed by atoms with E-state index in [-0.39, 0.29) is 11.8 Å². The van der Waals surface area contributed by atoms with Gasteiger partial charge in [0.25, 0.3) is 0 Å². The van der Waals surface area contributed by atoms with Gasteiger partial charge in [-0.25, -0.2) is 0 Å². The van der Waals surface area contributed by atoms with E-state index in [1.165, 1.54) is 0 Å². The highest BCUT2D eigenvalue weighted by Crippen LogP contribution is 1.89. The standard InChI is InChI=1S/C11H22N2O2/c1-3-5-8-13-11(15)7-6-9-12-10(14)4-2/h3-9H2,1-2H3,(H,12,14)(H,13,15). The molecule has 4 nitrogen and oxygen atoms in total. The van der Waals surface area contributed by atoms with Crippen molar-refractivity contribution in [2.24, 2.45) is 0 Å². The summed E-state index contributed by atoms with van der Waals surface area (Å²) in [6.07, 6.45) is 3.82. The average Bonchev–Trinajstić information content (AvgIpc) is 2.24. The van der Waals surface area contributed by atoms with Crippen LogP contribution in [0.4, 0.5) is 0 Å². The highest BCUT2D eigenvalue weighted by atomic mass is 16.2. The van der Waals surface area contributed by atoms with Crippen molar-refractivity contribution < 1.29 is 9.59 Å². The number of hydrogen-bond acceptors (Lipinski definition) is 2. The number of carbonyl (C=O) groups is 2. The molecule has 15 heavy (non-hydrogen) atoms. The van der Waals surface area contributed by atoms with E-state index in [9.17, 15) is 9.59 Å². The van der Waals surface area contributed by atoms with Crippen molar-refractivity contribution in [3.05, 3.63) is 0 Å². The molecule has 4 heteroatoms. The van der Waals surface area contributed by atoms with E-state index in [4.69, 9.17) is 0 Å². The first-order valence-electron chi connectivity index (χ1n) is 5.74. The summed E-state index contributed by atoms with van der Waals surface area (Å²) in [5.41, 5.74) is 0. The van der Waals surface area contributed by atoms with E-state index >= 15 is 0 Å². The Kier molecular flexibility index (Phi) is 8.82. The average molecular weight is 214 g/mol. The van der Waals surface area contributed by atoms with Crippen molar-refractivity contribution in [2.75, 3.05) is 13.1 Å². The molecule has 0 radical (unpaired) electrons. The largest absolute Gasteiger partial charge is 0.356 e. The normalized spacial score (nSPS) is 9.73. The molecule has 0 rings (SSSR count). The Morgan fingerprint density at radius 3 is 2.13 bits per heavy atom. The van der Waals surface area contributed by atoms with Gasteiger partial charge in [0, 0.05) is 25.9 Å². The van der Waals surface area contributed by atoms with Crippen LogP contribution in [-0.4, -0.2) is 24.9 Å². The summed E-state index contributed by atoms with van der Waals surface area (Å²) in [6.45, 7) is 5.25. The van der Waals surface area contributed by atoms with Crippen LogP contribution in [0.3, 0.4) is 0 Å². The molecular formula is C11H22N2O2. The number of unbranched alkanes of at least 4 members (excludes halogenated alkanes) is 1. The van der Waals surface area contributed by atoms with Crippen molar-refractivity contribution in [2.45, 2.75) is 46.0 Å². The van der Waals surface area contributed by atoms with Crippen LogP contribution < -0.4 is 10.6 Å². The molecule has 0 aromatic rings. The fourth-order valence-corrected chi connectivity index (χ4v) is 1.09. The van der Waals surface area contributed by atoms with Gasteiger partial charge in [0.15, 0.2) is 0 Å². The lowest BCUT2D eigenvalue weighted by Crippen LogP contribution is -2.27. The Labute approximate surface area is 91.8 Å². The summed E-state index contributed by atoms with van der Waals surface area (Å²) in [7, 11) is 0. The minimum Gasteiger partial charge on any atom is -0.356 e. The Balaban J connectivity index is 3.27. The quantitative estimate of drug-likeness (QED) is 0.597. The number of hydrogen-bond donors (Lipinski definition) is 2. The molecule has 88 valence electrons. The van der Waals surface area contributed by atoms with Crippen LogP contribution in [0.15, 0.2) is 0 Å². The zero-order valence-electron chi connectivity index (χ0n) is 9.77. The molecule has 0 heterocycles. The second-order valence-electron chi connectivity index (χ2n) is 3.51. The van der Waals surface area contributed by atoms with Gasteiger partial charge in [-0.05, 0) is 12.8 Å². The fourth-order valence-electron chi connectivity index (χ4n) is 1.09. The minimum atomic E-state index is 0.0430. The van der Waals surface area contributed by atoms with Crippen molar-refractivity contribution in [1.29, 1.82) is 0 Å². The highest BCUT2D eigenvalue weighted by Gasteiger charge is 2.00. The van der Waals surface area contributed by atoms with Crippen LogP contribution in [0.2, 0.25) is 0 Å². The highest BCUT2D eigenvalue weighted by molar-refractivity contribution is 5.76. The molecule has 0 atom stereocenters. The predicted molar refractivity (Wildman–Crippen MR) is 60.5 cm³/mol. The summed E-state index contributed by atoms with van der Waals surface area (Å²) in [4.78, 5) is 22.1. The van der Waals surface area contributed by atoms with E-state index in [1.54, 1.807) is 0 Å². The maximum absolute atomic E-state index is 11.2. The van der Waals surface area contributed by atoms with Crippen LogP contribution >= 0.6 is 0 Å². The van der Waals surface area contributed by atoms with Crippen molar-refractivity contribution in [1.82, 2.24) is 10.6 Å². The maximum Gasteiger partial charge on any atom is 0.220 e. The number of amides is 2. The molecule has 0 saturated carbocycles. The second kappa shape index (κ2) is 9.49. The van der Waals surface area contributed by atoms with Gasteiger partial charge in [0.05, 0.1) is 0 Å². The molecule has 0 fully saturated rings. The lowest BCUT2D eigenvalue weighted by Gasteiger charge is -2.05. The summed E-state index contributed by atoms with van der Waals surface area (Å²) in [6, 6.07) is 0. The van der Waals surface area contributed by atoms with Crippen molar-refractivity contribution in [3.63, 3.8) is 0 Å². The Morgan fingerprint density at radius 2 is 1.53 bits per heavy atom. The lowest BCUT2D eigenvalue weighted by atomic mass is 10.2. The van der Waals surface area contributed by atoms with Gasteiger partial charge in [0.1, 0.15) is 0 Å². The first-order chi connectivity index (χ1) is 7.20. The zero-order valence-corrected chi connectivity index (χ0v) is 9.77. The Morgan fingerprint density at radius 1 is 0.933 bits per heavy atom. The predicted octanol–water partition coefficient (Wildman–Crippen LogP) is 1.21. The molecule has 2 amide bonds. The van der Waals surface area contributed by atoms with E-state index in [0.29, 0.717) is 25.8 Å². The summed E-state index contributed by atoms with van der Waals surface area (Å²) < 4.78 is 0. The van der Waals surface area contributed by atoms with Crippen LogP contribution in [0, 0.1) is 0 Å². The SMILES string of the molecule is CCCCNC(=O)CCCNC(=O)CC. The van der Waals surface area contributed by atoms with Crippen molar-refractivity contribution in [3.8, 4) is 0 Å². The van der Waals surface area contributed by atoms with Gasteiger partial charge in [-0.1, -0.05) is 20.3 Å². The second-order valence-corrected chi connectivity index (χ2v) is 3.51. The van der Waals surface area contributed by atoms with Crippen molar-refractivity contribution >= 4 is 11.8 Å². The van der Waals surface area contributed by atoms with Crippen LogP contribution in [0.1, 0.15) is 46.0 Å². The van der Waals surface area contributed by atoms with Crippen LogP contribution in [0.25, 0.3) is 0 Å². The smallest absolute Gasteiger partial charge is 0.220 e. The van der Waals surface area contributed by atoms with E-state index in [2.05, 4.69) is 17.6 Å². The van der Waals surface area contributed by atoms with E-state index in [0.717, 1.165) is 19.4 Å². The van der Waals surface area contributed by atoms with Gasteiger partial charge in [-0.2, -0.15) is 0 Å². The number of rotatable bonds is 8. The van der Waals surface area contributed by atoms with Gasteiger partial charge in [-0.3, -0.25) is 9.59 Å². The molecule has 0 aliphatic heterocycles.